The van der Waals surface area contributed by atoms with Crippen LogP contribution in [-0.2, 0) is 4.79 Å². The van der Waals surface area contributed by atoms with Gasteiger partial charge in [-0.2, -0.15) is 5.10 Å². The molecule has 0 unspecified atom stereocenters. The van der Waals surface area contributed by atoms with Crippen molar-refractivity contribution in [3.05, 3.63) is 34.3 Å². The summed E-state index contributed by atoms with van der Waals surface area (Å²) in [6.07, 6.45) is 1.19. The molecule has 0 bridgehead atoms. The van der Waals surface area contributed by atoms with Crippen molar-refractivity contribution in [1.29, 1.82) is 0 Å². The maximum Gasteiger partial charge on any atom is 0.240 e. The van der Waals surface area contributed by atoms with Gasteiger partial charge in [0, 0.05) is 17.9 Å². The molecule has 0 fully saturated rings. The average Bonchev–Trinajstić information content (AvgIpc) is 2.23. The van der Waals surface area contributed by atoms with Crippen LogP contribution < -0.4 is 5.43 Å². The highest BCUT2D eigenvalue weighted by Gasteiger charge is 2.13. The lowest BCUT2D eigenvalue weighted by molar-refractivity contribution is -0.121. The van der Waals surface area contributed by atoms with Crippen molar-refractivity contribution in [3.8, 4) is 0 Å². The summed E-state index contributed by atoms with van der Waals surface area (Å²) in [7, 11) is 0. The quantitative estimate of drug-likeness (QED) is 0.778. The number of hydrogen-bond donors (Lipinski definition) is 1. The van der Waals surface area contributed by atoms with Crippen LogP contribution in [0, 0.1) is 6.92 Å². The second-order valence-electron chi connectivity index (χ2n) is 3.56. The molecule has 78 valence electrons. The smallest absolute Gasteiger partial charge is 0.240 e. The number of amides is 1. The van der Waals surface area contributed by atoms with Gasteiger partial charge in [0.1, 0.15) is 0 Å². The Kier molecular flexibility index (Phi) is 2.73. The molecule has 0 saturated carbocycles. The molecular weight excluding hydrogens is 212 g/mol. The van der Waals surface area contributed by atoms with Crippen molar-refractivity contribution in [1.82, 2.24) is 5.43 Å². The average molecular weight is 223 g/mol. The van der Waals surface area contributed by atoms with Crippen LogP contribution in [-0.4, -0.2) is 11.6 Å². The van der Waals surface area contributed by atoms with Gasteiger partial charge < -0.3 is 0 Å². The van der Waals surface area contributed by atoms with Crippen molar-refractivity contribution in [2.24, 2.45) is 5.10 Å². The minimum absolute atomic E-state index is 0.0237. The van der Waals surface area contributed by atoms with Crippen molar-refractivity contribution in [3.63, 3.8) is 0 Å². The molecule has 1 aliphatic heterocycles. The molecule has 1 aliphatic rings. The predicted molar refractivity (Wildman–Crippen MR) is 60.1 cm³/mol. The van der Waals surface area contributed by atoms with E-state index in [1.807, 2.05) is 25.1 Å². The Hall–Kier alpha value is -1.35. The first-order chi connectivity index (χ1) is 7.16. The second kappa shape index (κ2) is 4.03. The summed E-state index contributed by atoms with van der Waals surface area (Å²) in [5.41, 5.74) is 5.44. The molecule has 1 heterocycles. The first-order valence-corrected chi connectivity index (χ1v) is 5.16. The van der Waals surface area contributed by atoms with Crippen LogP contribution in [0.1, 0.15) is 24.0 Å². The Balaban J connectivity index is 2.30. The van der Waals surface area contributed by atoms with Crippen molar-refractivity contribution < 1.29 is 4.79 Å². The zero-order valence-electron chi connectivity index (χ0n) is 8.38. The molecule has 0 atom stereocenters. The number of hydrazone groups is 1. The molecule has 1 aromatic rings. The van der Waals surface area contributed by atoms with E-state index in [0.717, 1.165) is 21.9 Å². The summed E-state index contributed by atoms with van der Waals surface area (Å²) in [5.74, 6) is -0.0237. The number of hydrogen-bond acceptors (Lipinski definition) is 2. The van der Waals surface area contributed by atoms with Crippen molar-refractivity contribution >= 4 is 23.2 Å². The van der Waals surface area contributed by atoms with E-state index in [1.54, 1.807) is 0 Å². The Morgan fingerprint density at radius 1 is 1.40 bits per heavy atom. The molecule has 1 amide bonds. The summed E-state index contributed by atoms with van der Waals surface area (Å²) >= 11 is 5.93. The summed E-state index contributed by atoms with van der Waals surface area (Å²) in [5, 5.41) is 4.77. The Morgan fingerprint density at radius 3 is 2.80 bits per heavy atom. The summed E-state index contributed by atoms with van der Waals surface area (Å²) in [6.45, 7) is 1.95. The third-order valence-corrected chi connectivity index (χ3v) is 2.82. The highest BCUT2D eigenvalue weighted by molar-refractivity contribution is 6.31. The Morgan fingerprint density at radius 2 is 2.20 bits per heavy atom. The summed E-state index contributed by atoms with van der Waals surface area (Å²) in [4.78, 5) is 10.9. The number of halogens is 1. The molecule has 0 spiro atoms. The Bertz CT molecular complexity index is 440. The molecule has 1 aromatic carbocycles. The molecule has 4 heteroatoms. The van der Waals surface area contributed by atoms with Crippen molar-refractivity contribution in [2.75, 3.05) is 0 Å². The van der Waals surface area contributed by atoms with E-state index in [2.05, 4.69) is 10.5 Å². The van der Waals surface area contributed by atoms with Crippen LogP contribution in [0.5, 0.6) is 0 Å². The lowest BCUT2D eigenvalue weighted by Gasteiger charge is -2.12. The molecule has 2 rings (SSSR count). The zero-order chi connectivity index (χ0) is 10.8. The number of aryl methyl sites for hydroxylation is 1. The highest BCUT2D eigenvalue weighted by atomic mass is 35.5. The van der Waals surface area contributed by atoms with Crippen LogP contribution in [0.2, 0.25) is 5.02 Å². The van der Waals surface area contributed by atoms with Gasteiger partial charge in [0.05, 0.1) is 5.71 Å². The first-order valence-electron chi connectivity index (χ1n) is 4.79. The number of nitrogens with zero attached hydrogens (tertiary/aromatic N) is 1. The van der Waals surface area contributed by atoms with E-state index in [4.69, 9.17) is 11.6 Å². The molecule has 0 aliphatic carbocycles. The molecular formula is C11H11ClN2O. The highest BCUT2D eigenvalue weighted by Crippen LogP contribution is 2.18. The van der Waals surface area contributed by atoms with Gasteiger partial charge in [-0.05, 0) is 30.2 Å². The SMILES string of the molecule is Cc1cc(C2=NNC(=O)CC2)ccc1Cl. The molecule has 3 nitrogen and oxygen atoms in total. The first kappa shape index (κ1) is 10.2. The minimum atomic E-state index is -0.0237. The van der Waals surface area contributed by atoms with Gasteiger partial charge in [-0.15, -0.1) is 0 Å². The van der Waals surface area contributed by atoms with E-state index >= 15 is 0 Å². The van der Waals surface area contributed by atoms with Crippen LogP contribution in [0.3, 0.4) is 0 Å². The summed E-state index contributed by atoms with van der Waals surface area (Å²) in [6, 6.07) is 5.76. The zero-order valence-corrected chi connectivity index (χ0v) is 9.14. The second-order valence-corrected chi connectivity index (χ2v) is 3.96. The normalized spacial score (nSPS) is 15.9. The fourth-order valence-electron chi connectivity index (χ4n) is 1.51. The third kappa shape index (κ3) is 2.18. The molecule has 0 radical (unpaired) electrons. The van der Waals surface area contributed by atoms with Crippen molar-refractivity contribution in [2.45, 2.75) is 19.8 Å². The van der Waals surface area contributed by atoms with Crippen LogP contribution in [0.15, 0.2) is 23.3 Å². The van der Waals surface area contributed by atoms with Gasteiger partial charge in [-0.25, -0.2) is 5.43 Å². The number of benzene rings is 1. The van der Waals surface area contributed by atoms with Gasteiger partial charge in [0.2, 0.25) is 5.91 Å². The molecule has 0 aromatic heterocycles. The number of carbonyl (C=O) groups excluding carboxylic acids is 1. The van der Waals surface area contributed by atoms with Gasteiger partial charge in [0.25, 0.3) is 0 Å². The maximum atomic E-state index is 10.9. The fraction of sp³-hybridized carbons (Fsp3) is 0.273. The van der Waals surface area contributed by atoms with E-state index in [-0.39, 0.29) is 5.91 Å². The third-order valence-electron chi connectivity index (χ3n) is 2.40. The topological polar surface area (TPSA) is 41.5 Å². The number of nitrogens with one attached hydrogen (secondary N) is 1. The van der Waals surface area contributed by atoms with Gasteiger partial charge in [-0.1, -0.05) is 17.7 Å². The predicted octanol–water partition coefficient (Wildman–Crippen LogP) is 2.26. The minimum Gasteiger partial charge on any atom is -0.273 e. The van der Waals surface area contributed by atoms with Crippen LogP contribution in [0.4, 0.5) is 0 Å². The lowest BCUT2D eigenvalue weighted by Crippen LogP contribution is -2.25. The van der Waals surface area contributed by atoms with E-state index in [1.165, 1.54) is 0 Å². The summed E-state index contributed by atoms with van der Waals surface area (Å²) < 4.78 is 0. The van der Waals surface area contributed by atoms with Crippen LogP contribution >= 0.6 is 11.6 Å². The molecule has 1 N–H and O–H groups in total. The molecule has 0 saturated heterocycles. The van der Waals surface area contributed by atoms with Gasteiger partial charge in [0.15, 0.2) is 0 Å². The van der Waals surface area contributed by atoms with Gasteiger partial charge >= 0.3 is 0 Å². The largest absolute Gasteiger partial charge is 0.273 e. The van der Waals surface area contributed by atoms with E-state index < -0.39 is 0 Å². The van der Waals surface area contributed by atoms with E-state index in [0.29, 0.717) is 12.8 Å². The monoisotopic (exact) mass is 222 g/mol. The maximum absolute atomic E-state index is 10.9. The molecule has 15 heavy (non-hydrogen) atoms. The van der Waals surface area contributed by atoms with Crippen LogP contribution in [0.25, 0.3) is 0 Å². The fourth-order valence-corrected chi connectivity index (χ4v) is 1.62. The standard InChI is InChI=1S/C11H11ClN2O/c1-7-6-8(2-3-9(7)12)10-4-5-11(15)14-13-10/h2-3,6H,4-5H2,1H3,(H,14,15). The number of carbonyl (C=O) groups is 1. The lowest BCUT2D eigenvalue weighted by atomic mass is 10.0. The van der Waals surface area contributed by atoms with Gasteiger partial charge in [-0.3, -0.25) is 4.79 Å². The Labute approximate surface area is 93.1 Å². The number of rotatable bonds is 1. The van der Waals surface area contributed by atoms with E-state index in [9.17, 15) is 4.79 Å².